The van der Waals surface area contributed by atoms with E-state index in [0.29, 0.717) is 5.41 Å². The SMILES string of the molecule is CCCC1(CCC)CC(C#N)(Sc2cccc(F)c2)C1. The molecule has 0 bridgehead atoms. The minimum absolute atomic E-state index is 0.226. The molecule has 2 rings (SSSR count). The van der Waals surface area contributed by atoms with Crippen molar-refractivity contribution in [1.29, 1.82) is 5.26 Å². The maximum atomic E-state index is 13.3. The molecule has 0 radical (unpaired) electrons. The van der Waals surface area contributed by atoms with Crippen LogP contribution >= 0.6 is 11.8 Å². The van der Waals surface area contributed by atoms with Crippen molar-refractivity contribution in [3.8, 4) is 6.07 Å². The number of hydrogen-bond acceptors (Lipinski definition) is 2. The molecule has 0 saturated heterocycles. The first-order valence-corrected chi connectivity index (χ1v) is 8.24. The number of halogens is 1. The second-order valence-corrected chi connectivity index (χ2v) is 7.48. The Bertz CT molecular complexity index is 492. The zero-order chi connectivity index (χ0) is 14.6. The first-order chi connectivity index (χ1) is 9.57. The van der Waals surface area contributed by atoms with Crippen molar-refractivity contribution in [2.45, 2.75) is 62.0 Å². The quantitative estimate of drug-likeness (QED) is 0.685. The van der Waals surface area contributed by atoms with Crippen LogP contribution in [0.3, 0.4) is 0 Å². The number of nitriles is 1. The number of benzene rings is 1. The van der Waals surface area contributed by atoms with Gasteiger partial charge in [-0.05, 0) is 49.3 Å². The normalized spacial score (nSPS) is 19.1. The summed E-state index contributed by atoms with van der Waals surface area (Å²) in [5.74, 6) is -0.226. The van der Waals surface area contributed by atoms with E-state index in [1.807, 2.05) is 6.07 Å². The summed E-state index contributed by atoms with van der Waals surface area (Å²) in [6.07, 6.45) is 6.64. The van der Waals surface area contributed by atoms with Crippen LogP contribution in [-0.4, -0.2) is 4.75 Å². The average molecular weight is 291 g/mol. The highest BCUT2D eigenvalue weighted by Gasteiger charge is 2.54. The summed E-state index contributed by atoms with van der Waals surface area (Å²) in [6, 6.07) is 9.08. The fourth-order valence-electron chi connectivity index (χ4n) is 3.63. The van der Waals surface area contributed by atoms with Crippen molar-refractivity contribution in [3.05, 3.63) is 30.1 Å². The van der Waals surface area contributed by atoms with Crippen LogP contribution in [0, 0.1) is 22.6 Å². The van der Waals surface area contributed by atoms with E-state index >= 15 is 0 Å². The highest BCUT2D eigenvalue weighted by atomic mass is 32.2. The monoisotopic (exact) mass is 291 g/mol. The molecule has 1 aliphatic carbocycles. The van der Waals surface area contributed by atoms with Gasteiger partial charge in [-0.15, -0.1) is 11.8 Å². The molecule has 1 aromatic rings. The predicted molar refractivity (Wildman–Crippen MR) is 82.1 cm³/mol. The number of nitrogens with zero attached hydrogens (tertiary/aromatic N) is 1. The molecular weight excluding hydrogens is 269 g/mol. The number of thioether (sulfide) groups is 1. The molecule has 0 heterocycles. The van der Waals surface area contributed by atoms with Gasteiger partial charge in [0.05, 0.1) is 6.07 Å². The van der Waals surface area contributed by atoms with Gasteiger partial charge in [0.2, 0.25) is 0 Å². The summed E-state index contributed by atoms with van der Waals surface area (Å²) >= 11 is 1.54. The molecule has 1 saturated carbocycles. The Hall–Kier alpha value is -1.01. The standard InChI is InChI=1S/C17H22FNS/c1-3-8-16(9-4-2)11-17(12-16,13-19)20-15-7-5-6-14(18)10-15/h5-7,10H,3-4,8-9,11-12H2,1-2H3. The second kappa shape index (κ2) is 6.18. The Balaban J connectivity index is 2.09. The Labute approximate surface area is 125 Å². The molecule has 0 amide bonds. The lowest BCUT2D eigenvalue weighted by Crippen LogP contribution is -2.48. The summed E-state index contributed by atoms with van der Waals surface area (Å²) in [5.41, 5.74) is 0.347. The lowest BCUT2D eigenvalue weighted by molar-refractivity contribution is 0.0831. The summed E-state index contributed by atoms with van der Waals surface area (Å²) in [7, 11) is 0. The highest BCUT2D eigenvalue weighted by molar-refractivity contribution is 8.01. The van der Waals surface area contributed by atoms with E-state index in [0.717, 1.165) is 17.7 Å². The summed E-state index contributed by atoms with van der Waals surface area (Å²) in [4.78, 5) is 0.869. The maximum absolute atomic E-state index is 13.3. The maximum Gasteiger partial charge on any atom is 0.124 e. The molecule has 0 aliphatic heterocycles. The molecule has 1 aliphatic rings. The summed E-state index contributed by atoms with van der Waals surface area (Å²) < 4.78 is 12.9. The molecule has 0 N–H and O–H groups in total. The van der Waals surface area contributed by atoms with Crippen molar-refractivity contribution in [2.75, 3.05) is 0 Å². The molecule has 0 aromatic heterocycles. The smallest absolute Gasteiger partial charge is 0.124 e. The van der Waals surface area contributed by atoms with Gasteiger partial charge >= 0.3 is 0 Å². The fourth-order valence-corrected chi connectivity index (χ4v) is 5.20. The van der Waals surface area contributed by atoms with Crippen molar-refractivity contribution in [2.24, 2.45) is 5.41 Å². The van der Waals surface area contributed by atoms with Gasteiger partial charge in [0.1, 0.15) is 10.6 Å². The number of rotatable bonds is 6. The average Bonchev–Trinajstić information content (AvgIpc) is 2.37. The van der Waals surface area contributed by atoms with E-state index in [2.05, 4.69) is 19.9 Å². The van der Waals surface area contributed by atoms with E-state index in [9.17, 15) is 9.65 Å². The van der Waals surface area contributed by atoms with Crippen LogP contribution in [0.15, 0.2) is 29.2 Å². The third-order valence-electron chi connectivity index (χ3n) is 4.19. The minimum atomic E-state index is -0.349. The Morgan fingerprint density at radius 2 is 1.90 bits per heavy atom. The molecule has 1 nitrogen and oxygen atoms in total. The van der Waals surface area contributed by atoms with Gasteiger partial charge in [0.25, 0.3) is 0 Å². The zero-order valence-electron chi connectivity index (χ0n) is 12.3. The Kier molecular flexibility index (Phi) is 4.75. The van der Waals surface area contributed by atoms with Gasteiger partial charge in [0, 0.05) is 4.90 Å². The van der Waals surface area contributed by atoms with E-state index in [-0.39, 0.29) is 10.6 Å². The molecule has 20 heavy (non-hydrogen) atoms. The summed E-state index contributed by atoms with van der Waals surface area (Å²) in [5, 5.41) is 9.57. The summed E-state index contributed by atoms with van der Waals surface area (Å²) in [6.45, 7) is 4.42. The van der Waals surface area contributed by atoms with Crippen LogP contribution in [0.5, 0.6) is 0 Å². The number of hydrogen-bond donors (Lipinski definition) is 0. The van der Waals surface area contributed by atoms with Gasteiger partial charge in [-0.2, -0.15) is 5.26 Å². The lowest BCUT2D eigenvalue weighted by Gasteiger charge is -2.53. The van der Waals surface area contributed by atoms with E-state index in [4.69, 9.17) is 0 Å². The van der Waals surface area contributed by atoms with Crippen molar-refractivity contribution >= 4 is 11.8 Å². The molecule has 108 valence electrons. The fraction of sp³-hybridized carbons (Fsp3) is 0.588. The molecule has 0 unspecified atom stereocenters. The Morgan fingerprint density at radius 3 is 2.40 bits per heavy atom. The van der Waals surface area contributed by atoms with Crippen LogP contribution in [0.25, 0.3) is 0 Å². The first-order valence-electron chi connectivity index (χ1n) is 7.43. The molecule has 0 spiro atoms. The predicted octanol–water partition coefficient (Wildman–Crippen LogP) is 5.56. The Morgan fingerprint density at radius 1 is 1.25 bits per heavy atom. The second-order valence-electron chi connectivity index (χ2n) is 6.02. The lowest BCUT2D eigenvalue weighted by atomic mass is 9.58. The van der Waals surface area contributed by atoms with Crippen LogP contribution in [0.4, 0.5) is 4.39 Å². The van der Waals surface area contributed by atoms with Crippen molar-refractivity contribution < 1.29 is 4.39 Å². The van der Waals surface area contributed by atoms with Gasteiger partial charge < -0.3 is 0 Å². The third-order valence-corrected chi connectivity index (χ3v) is 5.46. The van der Waals surface area contributed by atoms with Crippen LogP contribution in [0.1, 0.15) is 52.4 Å². The third kappa shape index (κ3) is 3.17. The molecule has 1 fully saturated rings. The van der Waals surface area contributed by atoms with E-state index < -0.39 is 0 Å². The molecule has 1 aromatic carbocycles. The largest absolute Gasteiger partial charge is 0.207 e. The molecule has 3 heteroatoms. The van der Waals surface area contributed by atoms with Crippen LogP contribution < -0.4 is 0 Å². The van der Waals surface area contributed by atoms with Gasteiger partial charge in [-0.3, -0.25) is 0 Å². The van der Waals surface area contributed by atoms with Gasteiger partial charge in [-0.25, -0.2) is 4.39 Å². The van der Waals surface area contributed by atoms with Crippen molar-refractivity contribution in [3.63, 3.8) is 0 Å². The highest BCUT2D eigenvalue weighted by Crippen LogP contribution is 2.61. The van der Waals surface area contributed by atoms with Gasteiger partial charge in [0.15, 0.2) is 0 Å². The molecular formula is C17H22FNS. The van der Waals surface area contributed by atoms with Crippen LogP contribution in [0.2, 0.25) is 0 Å². The van der Waals surface area contributed by atoms with Gasteiger partial charge in [-0.1, -0.05) is 32.8 Å². The van der Waals surface area contributed by atoms with E-state index in [1.54, 1.807) is 17.8 Å². The zero-order valence-corrected chi connectivity index (χ0v) is 13.1. The topological polar surface area (TPSA) is 23.8 Å². The molecule has 0 atom stereocenters. The minimum Gasteiger partial charge on any atom is -0.207 e. The van der Waals surface area contributed by atoms with E-state index in [1.165, 1.54) is 37.8 Å². The van der Waals surface area contributed by atoms with Crippen LogP contribution in [-0.2, 0) is 0 Å². The van der Waals surface area contributed by atoms with Crippen molar-refractivity contribution in [1.82, 2.24) is 0 Å². The first kappa shape index (κ1) is 15.4.